The third-order valence-electron chi connectivity index (χ3n) is 6.00. The van der Waals surface area contributed by atoms with Gasteiger partial charge in [0.15, 0.2) is 0 Å². The van der Waals surface area contributed by atoms with Gasteiger partial charge in [-0.1, -0.05) is 13.8 Å². The van der Waals surface area contributed by atoms with E-state index in [4.69, 9.17) is 14.2 Å². The molecule has 0 radical (unpaired) electrons. The van der Waals surface area contributed by atoms with Gasteiger partial charge in [-0.2, -0.15) is 5.10 Å². The van der Waals surface area contributed by atoms with Gasteiger partial charge in [-0.25, -0.2) is 4.98 Å². The van der Waals surface area contributed by atoms with Gasteiger partial charge in [0.1, 0.15) is 17.1 Å². The first-order valence-electron chi connectivity index (χ1n) is 12.2. The molecule has 1 aromatic carbocycles. The average Bonchev–Trinajstić information content (AvgIpc) is 3.38. The molecule has 10 nitrogen and oxygen atoms in total. The standard InChI is InChI=1S/C27H34N6O4/c1-19(2)28-8-9-32(22-12-23(36-4)14-24(13-22)37-5)21-6-7-26-29-16-25(27(34)33(26)18-21)20-15-30-31(17-20)10-11-35-3/h6-7,12-19,28H,8-11H2,1-5H3. The number of methoxy groups -OCH3 is 3. The number of anilines is 2. The molecule has 0 unspecified atom stereocenters. The molecule has 0 amide bonds. The molecule has 1 N–H and O–H groups in total. The number of aromatic nitrogens is 4. The Morgan fingerprint density at radius 1 is 1.00 bits per heavy atom. The Kier molecular flexibility index (Phi) is 8.42. The van der Waals surface area contributed by atoms with Gasteiger partial charge in [0.25, 0.3) is 5.56 Å². The minimum absolute atomic E-state index is 0.165. The van der Waals surface area contributed by atoms with Crippen molar-refractivity contribution in [2.45, 2.75) is 26.4 Å². The van der Waals surface area contributed by atoms with Crippen LogP contribution >= 0.6 is 0 Å². The Morgan fingerprint density at radius 2 is 1.76 bits per heavy atom. The summed E-state index contributed by atoms with van der Waals surface area (Å²) in [6, 6.07) is 9.90. The SMILES string of the molecule is COCCn1cc(-c2cnc3ccc(N(CCNC(C)C)c4cc(OC)cc(OC)c4)cn3c2=O)cn1. The highest BCUT2D eigenvalue weighted by atomic mass is 16.5. The number of hydrogen-bond donors (Lipinski definition) is 1. The predicted molar refractivity (Wildman–Crippen MR) is 144 cm³/mol. The van der Waals surface area contributed by atoms with E-state index in [0.717, 1.165) is 17.9 Å². The van der Waals surface area contributed by atoms with Crippen molar-refractivity contribution in [2.24, 2.45) is 0 Å². The van der Waals surface area contributed by atoms with Gasteiger partial charge in [0.2, 0.25) is 0 Å². The summed E-state index contributed by atoms with van der Waals surface area (Å²) >= 11 is 0. The zero-order valence-corrected chi connectivity index (χ0v) is 22.0. The van der Waals surface area contributed by atoms with Crippen molar-refractivity contribution >= 4 is 17.0 Å². The van der Waals surface area contributed by atoms with Crippen LogP contribution in [0.1, 0.15) is 13.8 Å². The highest BCUT2D eigenvalue weighted by Crippen LogP contribution is 2.32. The molecular weight excluding hydrogens is 472 g/mol. The van der Waals surface area contributed by atoms with E-state index in [2.05, 4.69) is 34.1 Å². The van der Waals surface area contributed by atoms with Crippen LogP contribution < -0.4 is 25.2 Å². The Bertz CT molecular complexity index is 1380. The minimum atomic E-state index is -0.165. The molecule has 0 aliphatic carbocycles. The number of benzene rings is 1. The number of nitrogens with one attached hydrogen (secondary N) is 1. The van der Waals surface area contributed by atoms with Crippen molar-refractivity contribution in [2.75, 3.05) is 45.9 Å². The molecule has 196 valence electrons. The van der Waals surface area contributed by atoms with Crippen molar-refractivity contribution in [1.29, 1.82) is 0 Å². The number of ether oxygens (including phenoxy) is 3. The maximum Gasteiger partial charge on any atom is 0.265 e. The van der Waals surface area contributed by atoms with Crippen LogP contribution in [0.2, 0.25) is 0 Å². The van der Waals surface area contributed by atoms with E-state index in [0.29, 0.717) is 54.0 Å². The molecule has 0 aliphatic rings. The fraction of sp³-hybridized carbons (Fsp3) is 0.370. The summed E-state index contributed by atoms with van der Waals surface area (Å²) in [4.78, 5) is 20.2. The maximum absolute atomic E-state index is 13.6. The second-order valence-corrected chi connectivity index (χ2v) is 8.91. The van der Waals surface area contributed by atoms with Crippen LogP contribution in [0.25, 0.3) is 16.8 Å². The highest BCUT2D eigenvalue weighted by Gasteiger charge is 2.16. The number of pyridine rings is 1. The molecule has 0 fully saturated rings. The minimum Gasteiger partial charge on any atom is -0.497 e. The predicted octanol–water partition coefficient (Wildman–Crippen LogP) is 3.36. The van der Waals surface area contributed by atoms with E-state index in [1.807, 2.05) is 42.7 Å². The molecule has 0 atom stereocenters. The van der Waals surface area contributed by atoms with E-state index >= 15 is 0 Å². The van der Waals surface area contributed by atoms with Gasteiger partial charge in [0.05, 0.1) is 44.8 Å². The van der Waals surface area contributed by atoms with Gasteiger partial charge in [-0.05, 0) is 12.1 Å². The monoisotopic (exact) mass is 506 g/mol. The van der Waals surface area contributed by atoms with Gasteiger partial charge >= 0.3 is 0 Å². The van der Waals surface area contributed by atoms with E-state index in [-0.39, 0.29) is 5.56 Å². The average molecular weight is 507 g/mol. The molecular formula is C27H34N6O4. The first-order valence-corrected chi connectivity index (χ1v) is 12.2. The third kappa shape index (κ3) is 6.10. The zero-order chi connectivity index (χ0) is 26.4. The Labute approximate surface area is 216 Å². The van der Waals surface area contributed by atoms with Gasteiger partial charge < -0.3 is 24.4 Å². The smallest absolute Gasteiger partial charge is 0.265 e. The fourth-order valence-corrected chi connectivity index (χ4v) is 4.05. The van der Waals surface area contributed by atoms with Crippen molar-refractivity contribution in [3.63, 3.8) is 0 Å². The van der Waals surface area contributed by atoms with Crippen LogP contribution in [0.3, 0.4) is 0 Å². The molecule has 0 saturated carbocycles. The van der Waals surface area contributed by atoms with Crippen LogP contribution in [0.4, 0.5) is 11.4 Å². The lowest BCUT2D eigenvalue weighted by Gasteiger charge is -2.27. The lowest BCUT2D eigenvalue weighted by molar-refractivity contribution is 0.183. The van der Waals surface area contributed by atoms with E-state index in [1.54, 1.807) is 42.8 Å². The largest absolute Gasteiger partial charge is 0.497 e. The van der Waals surface area contributed by atoms with Crippen LogP contribution in [-0.4, -0.2) is 66.2 Å². The van der Waals surface area contributed by atoms with Crippen molar-refractivity contribution < 1.29 is 14.2 Å². The molecule has 0 aliphatic heterocycles. The lowest BCUT2D eigenvalue weighted by Crippen LogP contribution is -2.33. The molecule has 0 spiro atoms. The number of fused-ring (bicyclic) bond motifs is 1. The number of nitrogens with zero attached hydrogens (tertiary/aromatic N) is 5. The molecule has 0 saturated heterocycles. The van der Waals surface area contributed by atoms with Crippen LogP contribution in [0.5, 0.6) is 11.5 Å². The topological polar surface area (TPSA) is 95.1 Å². The first kappa shape index (κ1) is 26.2. The molecule has 4 rings (SSSR count). The lowest BCUT2D eigenvalue weighted by atomic mass is 10.2. The van der Waals surface area contributed by atoms with Crippen LogP contribution in [0, 0.1) is 0 Å². The van der Waals surface area contributed by atoms with E-state index in [9.17, 15) is 4.79 Å². The second kappa shape index (κ2) is 11.9. The number of rotatable bonds is 12. The Balaban J connectivity index is 1.76. The van der Waals surface area contributed by atoms with Gasteiger partial charge in [0, 0.05) is 74.3 Å². The van der Waals surface area contributed by atoms with Crippen LogP contribution in [0.15, 0.2) is 59.9 Å². The van der Waals surface area contributed by atoms with Gasteiger partial charge in [-0.15, -0.1) is 0 Å². The fourth-order valence-electron chi connectivity index (χ4n) is 4.05. The molecule has 3 heterocycles. The summed E-state index contributed by atoms with van der Waals surface area (Å²) in [6.45, 7) is 6.76. The summed E-state index contributed by atoms with van der Waals surface area (Å²) in [5.74, 6) is 1.37. The van der Waals surface area contributed by atoms with Crippen molar-refractivity contribution in [3.8, 4) is 22.6 Å². The number of hydrogen-bond acceptors (Lipinski definition) is 8. The van der Waals surface area contributed by atoms with Crippen molar-refractivity contribution in [3.05, 3.63) is 65.5 Å². The zero-order valence-electron chi connectivity index (χ0n) is 22.0. The Morgan fingerprint density at radius 3 is 2.43 bits per heavy atom. The van der Waals surface area contributed by atoms with E-state index < -0.39 is 0 Å². The van der Waals surface area contributed by atoms with Crippen molar-refractivity contribution in [1.82, 2.24) is 24.5 Å². The van der Waals surface area contributed by atoms with Gasteiger partial charge in [-0.3, -0.25) is 13.9 Å². The third-order valence-corrected chi connectivity index (χ3v) is 6.00. The molecule has 37 heavy (non-hydrogen) atoms. The molecule has 10 heteroatoms. The maximum atomic E-state index is 13.6. The Hall–Kier alpha value is -3.89. The molecule has 0 bridgehead atoms. The first-order chi connectivity index (χ1) is 17.9. The quantitative estimate of drug-likeness (QED) is 0.313. The van der Waals surface area contributed by atoms with Crippen LogP contribution in [-0.2, 0) is 11.3 Å². The summed E-state index contributed by atoms with van der Waals surface area (Å²) in [5, 5.41) is 7.80. The molecule has 4 aromatic rings. The summed E-state index contributed by atoms with van der Waals surface area (Å²) in [5.41, 5.74) is 3.32. The summed E-state index contributed by atoms with van der Waals surface area (Å²) in [7, 11) is 4.90. The summed E-state index contributed by atoms with van der Waals surface area (Å²) in [6.07, 6.45) is 6.94. The normalized spacial score (nSPS) is 11.3. The highest BCUT2D eigenvalue weighted by molar-refractivity contribution is 5.68. The molecule has 3 aromatic heterocycles. The summed E-state index contributed by atoms with van der Waals surface area (Å²) < 4.78 is 19.5. The second-order valence-electron chi connectivity index (χ2n) is 8.91. The van der Waals surface area contributed by atoms with E-state index in [1.165, 1.54) is 0 Å².